The molecule has 9 heteroatoms. The number of rotatable bonds is 11. The van der Waals surface area contributed by atoms with Crippen molar-refractivity contribution in [3.8, 4) is 0 Å². The van der Waals surface area contributed by atoms with Crippen molar-refractivity contribution in [2.75, 3.05) is 13.4 Å². The molecule has 0 unspecified atom stereocenters. The van der Waals surface area contributed by atoms with E-state index in [-0.39, 0.29) is 6.79 Å². The summed E-state index contributed by atoms with van der Waals surface area (Å²) < 4.78 is 22.5. The van der Waals surface area contributed by atoms with Crippen LogP contribution < -0.4 is 0 Å². The van der Waals surface area contributed by atoms with Gasteiger partial charge in [0, 0.05) is 12.7 Å². The summed E-state index contributed by atoms with van der Waals surface area (Å²) in [4.78, 5) is 0. The lowest BCUT2D eigenvalue weighted by atomic mass is 10.5. The van der Waals surface area contributed by atoms with E-state index in [1.807, 2.05) is 0 Å². The number of aliphatic hydroxyl groups excluding tert-OH is 1. The van der Waals surface area contributed by atoms with Crippen LogP contribution in [0.4, 0.5) is 0 Å². The topological polar surface area (TPSA) is 57.2 Å². The van der Waals surface area contributed by atoms with Crippen molar-refractivity contribution in [1.82, 2.24) is 0 Å². The zero-order valence-electron chi connectivity index (χ0n) is 10.5. The third-order valence-electron chi connectivity index (χ3n) is 1.96. The highest BCUT2D eigenvalue weighted by Gasteiger charge is 2.37. The molecule has 98 valence electrons. The molecule has 0 spiro atoms. The molecule has 0 amide bonds. The Morgan fingerprint density at radius 3 is 1.88 bits per heavy atom. The quantitative estimate of drug-likeness (QED) is 0.293. The van der Waals surface area contributed by atoms with Gasteiger partial charge in [0.15, 0.2) is 0 Å². The van der Waals surface area contributed by atoms with Crippen molar-refractivity contribution in [2.45, 2.75) is 32.1 Å². The molecular formula is C7H24O5Si4. The van der Waals surface area contributed by atoms with Gasteiger partial charge < -0.3 is 22.2 Å². The summed E-state index contributed by atoms with van der Waals surface area (Å²) in [5, 5.41) is 8.52. The Morgan fingerprint density at radius 2 is 1.50 bits per heavy atom. The largest absolute Gasteiger partial charge is 0.468 e. The van der Waals surface area contributed by atoms with E-state index in [1.165, 1.54) is 0 Å². The van der Waals surface area contributed by atoms with Gasteiger partial charge in [0.25, 0.3) is 0 Å². The second-order valence-electron chi connectivity index (χ2n) is 3.12. The molecule has 0 aliphatic rings. The minimum atomic E-state index is -2.32. The van der Waals surface area contributed by atoms with E-state index >= 15 is 0 Å². The molecule has 0 fully saturated rings. The highest BCUT2D eigenvalue weighted by Crippen LogP contribution is 2.16. The summed E-state index contributed by atoms with van der Waals surface area (Å²) in [5.41, 5.74) is 0. The van der Waals surface area contributed by atoms with E-state index < -0.39 is 38.1 Å². The molecule has 0 aliphatic heterocycles. The van der Waals surface area contributed by atoms with Crippen LogP contribution in [0.5, 0.6) is 0 Å². The molecule has 0 aromatic rings. The number of hydrogen-bond acceptors (Lipinski definition) is 5. The van der Waals surface area contributed by atoms with Crippen LogP contribution in [0.25, 0.3) is 0 Å². The number of aliphatic hydroxyl groups is 1. The van der Waals surface area contributed by atoms with Crippen LogP contribution in [0.2, 0.25) is 25.7 Å². The third kappa shape index (κ3) is 7.08. The molecule has 0 bridgehead atoms. The van der Waals surface area contributed by atoms with Crippen LogP contribution in [0, 0.1) is 0 Å². The Bertz CT molecular complexity index is 145. The summed E-state index contributed by atoms with van der Waals surface area (Å²) >= 11 is 0. The molecular weight excluding hydrogens is 276 g/mol. The van der Waals surface area contributed by atoms with Crippen LogP contribution in [0.3, 0.4) is 0 Å². The molecule has 0 saturated heterocycles. The first kappa shape index (κ1) is 16.7. The normalized spacial score (nSPS) is 17.2. The van der Waals surface area contributed by atoms with E-state index in [2.05, 4.69) is 19.6 Å². The Labute approximate surface area is 106 Å². The van der Waals surface area contributed by atoms with Crippen LogP contribution in [0.15, 0.2) is 0 Å². The second kappa shape index (κ2) is 10.8. The molecule has 0 rings (SSSR count). The molecule has 0 radical (unpaired) electrons. The summed E-state index contributed by atoms with van der Waals surface area (Å²) in [6.45, 7) is 6.64. The third-order valence-corrected chi connectivity index (χ3v) is 11.7. The lowest BCUT2D eigenvalue weighted by molar-refractivity contribution is -0.00167. The Kier molecular flexibility index (Phi) is 11.2. The van der Waals surface area contributed by atoms with Gasteiger partial charge in [-0.2, -0.15) is 0 Å². The van der Waals surface area contributed by atoms with Gasteiger partial charge in [-0.05, 0) is 6.42 Å². The average Bonchev–Trinajstić information content (AvgIpc) is 2.26. The lowest BCUT2D eigenvalue weighted by Crippen LogP contribution is -2.47. The minimum Gasteiger partial charge on any atom is -0.423 e. The van der Waals surface area contributed by atoms with Gasteiger partial charge in [-0.15, -0.1) is 0 Å². The van der Waals surface area contributed by atoms with Crippen LogP contribution in [0.1, 0.15) is 6.42 Å². The van der Waals surface area contributed by atoms with E-state index in [0.717, 1.165) is 12.5 Å². The van der Waals surface area contributed by atoms with Gasteiger partial charge in [0.2, 0.25) is 0 Å². The summed E-state index contributed by atoms with van der Waals surface area (Å²) in [5.74, 6) is 0. The molecule has 5 nitrogen and oxygen atoms in total. The van der Waals surface area contributed by atoms with E-state index in [9.17, 15) is 0 Å². The maximum Gasteiger partial charge on any atom is 0.468 e. The van der Waals surface area contributed by atoms with Crippen LogP contribution >= 0.6 is 0 Å². The maximum atomic E-state index is 8.52. The fourth-order valence-electron chi connectivity index (χ4n) is 1.46. The zero-order chi connectivity index (χ0) is 12.3. The van der Waals surface area contributed by atoms with Gasteiger partial charge in [-0.25, -0.2) is 0 Å². The highest BCUT2D eigenvalue weighted by molar-refractivity contribution is 6.73. The van der Waals surface area contributed by atoms with Crippen LogP contribution in [-0.2, 0) is 17.1 Å². The first-order chi connectivity index (χ1) is 7.74. The fourth-order valence-corrected chi connectivity index (χ4v) is 12.3. The average molecular weight is 301 g/mol. The summed E-state index contributed by atoms with van der Waals surface area (Å²) in [7, 11) is -3.83. The minimum absolute atomic E-state index is 0.218. The monoisotopic (exact) mass is 300 g/mol. The van der Waals surface area contributed by atoms with Crippen molar-refractivity contribution in [3.63, 3.8) is 0 Å². The van der Waals surface area contributed by atoms with Crippen molar-refractivity contribution in [2.24, 2.45) is 0 Å². The standard InChI is InChI=1S/C7H24O5Si4/c1-13-10-16(11-14-2,12-15-3)6-4-5-9-7-8/h8H,4-7,13-15H2,1-3H3. The lowest BCUT2D eigenvalue weighted by Gasteiger charge is -2.30. The van der Waals surface area contributed by atoms with Crippen molar-refractivity contribution >= 4 is 38.1 Å². The molecule has 1 N–H and O–H groups in total. The summed E-state index contributed by atoms with van der Waals surface area (Å²) in [6.07, 6.45) is 0.837. The molecule has 0 aromatic carbocycles. The van der Waals surface area contributed by atoms with Crippen molar-refractivity contribution < 1.29 is 22.2 Å². The van der Waals surface area contributed by atoms with Gasteiger partial charge in [-0.1, -0.05) is 19.6 Å². The molecule has 0 aromatic heterocycles. The SMILES string of the molecule is C[SiH2]O[Si](CCCOCO)(O[SiH2]C)O[SiH2]C. The molecule has 16 heavy (non-hydrogen) atoms. The van der Waals surface area contributed by atoms with Gasteiger partial charge in [0.1, 0.15) is 36.1 Å². The Hall–Kier alpha value is 0.668. The smallest absolute Gasteiger partial charge is 0.423 e. The number of ether oxygens (including phenoxy) is 1. The highest BCUT2D eigenvalue weighted by atomic mass is 28.5. The first-order valence-corrected chi connectivity index (χ1v) is 13.8. The van der Waals surface area contributed by atoms with E-state index in [1.54, 1.807) is 0 Å². The molecule has 0 saturated carbocycles. The van der Waals surface area contributed by atoms with Gasteiger partial charge in [-0.3, -0.25) is 0 Å². The van der Waals surface area contributed by atoms with E-state index in [4.69, 9.17) is 22.2 Å². The van der Waals surface area contributed by atoms with Gasteiger partial charge >= 0.3 is 8.80 Å². The molecule has 0 atom stereocenters. The Morgan fingerprint density at radius 1 is 1.00 bits per heavy atom. The molecule has 0 heterocycles. The molecule has 0 aliphatic carbocycles. The van der Waals surface area contributed by atoms with Gasteiger partial charge in [0.05, 0.1) is 0 Å². The van der Waals surface area contributed by atoms with Crippen molar-refractivity contribution in [1.29, 1.82) is 0 Å². The van der Waals surface area contributed by atoms with Crippen molar-refractivity contribution in [3.05, 3.63) is 0 Å². The number of hydrogen-bond donors (Lipinski definition) is 1. The predicted octanol–water partition coefficient (Wildman–Crippen LogP) is -1.27. The maximum absolute atomic E-state index is 8.52. The fraction of sp³-hybridized carbons (Fsp3) is 1.00. The second-order valence-corrected chi connectivity index (χ2v) is 10.2. The zero-order valence-corrected chi connectivity index (χ0v) is 15.8. The first-order valence-electron chi connectivity index (χ1n) is 5.85. The Balaban J connectivity index is 4.12. The van der Waals surface area contributed by atoms with E-state index in [0.29, 0.717) is 6.61 Å². The van der Waals surface area contributed by atoms with Crippen LogP contribution in [-0.4, -0.2) is 56.6 Å². The predicted molar refractivity (Wildman–Crippen MR) is 74.7 cm³/mol. The summed E-state index contributed by atoms with van der Waals surface area (Å²) in [6, 6.07) is 0.829.